The molecular formula is C27H25ClN2O3. The number of hydrogen-bond acceptors (Lipinski definition) is 5. The highest BCUT2D eigenvalue weighted by atomic mass is 35.5. The Bertz CT molecular complexity index is 1240. The molecule has 0 fully saturated rings. The molecule has 0 radical (unpaired) electrons. The van der Waals surface area contributed by atoms with Crippen molar-refractivity contribution in [3.8, 4) is 11.5 Å². The van der Waals surface area contributed by atoms with Crippen molar-refractivity contribution in [1.82, 2.24) is 0 Å². The van der Waals surface area contributed by atoms with Crippen molar-refractivity contribution in [1.29, 1.82) is 0 Å². The minimum absolute atomic E-state index is 0.0880. The van der Waals surface area contributed by atoms with Crippen LogP contribution >= 0.6 is 11.6 Å². The fourth-order valence-electron chi connectivity index (χ4n) is 4.73. The zero-order valence-electron chi connectivity index (χ0n) is 18.3. The maximum Gasteiger partial charge on any atom is 0.176 e. The van der Waals surface area contributed by atoms with Crippen LogP contribution in [-0.2, 0) is 4.79 Å². The molecule has 3 N–H and O–H groups in total. The standard InChI is InChI=1S/C27H25ClN2O3/c1-2-33-24-15-18(12-19(28)27(24)32)26-25-22(29-20-10-6-7-11-21(20)30-26)13-17(14-23(25)31)16-8-4-3-5-9-16/h3-12,15,17,26,29-30,32H,2,13-14H2,1H3/t17-,26+/m1/s1. The number of hydrogen-bond donors (Lipinski definition) is 3. The Morgan fingerprint density at radius 3 is 2.48 bits per heavy atom. The molecule has 1 aliphatic carbocycles. The van der Waals surface area contributed by atoms with Gasteiger partial charge in [0, 0.05) is 17.7 Å². The van der Waals surface area contributed by atoms with Crippen LogP contribution < -0.4 is 15.4 Å². The molecule has 33 heavy (non-hydrogen) atoms. The smallest absolute Gasteiger partial charge is 0.176 e. The van der Waals surface area contributed by atoms with Gasteiger partial charge in [-0.15, -0.1) is 0 Å². The predicted octanol–water partition coefficient (Wildman–Crippen LogP) is 6.42. The van der Waals surface area contributed by atoms with Crippen molar-refractivity contribution in [3.63, 3.8) is 0 Å². The maximum absolute atomic E-state index is 13.6. The second kappa shape index (κ2) is 8.83. The van der Waals surface area contributed by atoms with Gasteiger partial charge in [0.05, 0.1) is 29.0 Å². The monoisotopic (exact) mass is 460 g/mol. The molecule has 1 heterocycles. The SMILES string of the molecule is CCOc1cc([C@@H]2Nc3ccccc3NC3=C2C(=O)C[C@H](c2ccccc2)C3)cc(Cl)c1O. The molecule has 0 unspecified atom stereocenters. The largest absolute Gasteiger partial charge is 0.503 e. The summed E-state index contributed by atoms with van der Waals surface area (Å²) in [5, 5.41) is 17.6. The Morgan fingerprint density at radius 1 is 1.00 bits per heavy atom. The Labute approximate surface area is 198 Å². The molecule has 5 rings (SSSR count). The quantitative estimate of drug-likeness (QED) is 0.419. The number of anilines is 2. The van der Waals surface area contributed by atoms with Crippen LogP contribution in [0.15, 0.2) is 78.0 Å². The number of aromatic hydroxyl groups is 1. The molecule has 2 aliphatic rings. The number of fused-ring (bicyclic) bond motifs is 1. The fraction of sp³-hybridized carbons (Fsp3) is 0.222. The van der Waals surface area contributed by atoms with Crippen LogP contribution in [0.4, 0.5) is 11.4 Å². The number of phenolic OH excluding ortho intramolecular Hbond substituents is 1. The summed E-state index contributed by atoms with van der Waals surface area (Å²) in [6.07, 6.45) is 1.16. The maximum atomic E-state index is 13.6. The molecule has 1 aliphatic heterocycles. The van der Waals surface area contributed by atoms with Crippen LogP contribution in [-0.4, -0.2) is 17.5 Å². The van der Waals surface area contributed by atoms with Crippen molar-refractivity contribution in [2.75, 3.05) is 17.2 Å². The van der Waals surface area contributed by atoms with E-state index in [2.05, 4.69) is 22.8 Å². The lowest BCUT2D eigenvalue weighted by Crippen LogP contribution is -2.27. The minimum atomic E-state index is -0.433. The summed E-state index contributed by atoms with van der Waals surface area (Å²) in [6.45, 7) is 2.24. The lowest BCUT2D eigenvalue weighted by Gasteiger charge is -2.30. The van der Waals surface area contributed by atoms with E-state index in [1.165, 1.54) is 0 Å². The molecule has 3 aromatic carbocycles. The van der Waals surface area contributed by atoms with E-state index >= 15 is 0 Å². The van der Waals surface area contributed by atoms with Gasteiger partial charge in [-0.05, 0) is 54.7 Å². The van der Waals surface area contributed by atoms with Crippen molar-refractivity contribution < 1.29 is 14.6 Å². The topological polar surface area (TPSA) is 70.6 Å². The zero-order valence-corrected chi connectivity index (χ0v) is 19.0. The third-order valence-corrected chi connectivity index (χ3v) is 6.55. The van der Waals surface area contributed by atoms with E-state index in [0.717, 1.165) is 34.6 Å². The van der Waals surface area contributed by atoms with Gasteiger partial charge in [0.1, 0.15) is 0 Å². The molecular weight excluding hydrogens is 436 g/mol. The number of phenols is 1. The molecule has 6 heteroatoms. The van der Waals surface area contributed by atoms with Gasteiger partial charge in [-0.1, -0.05) is 54.1 Å². The molecule has 5 nitrogen and oxygen atoms in total. The average Bonchev–Trinajstić information content (AvgIpc) is 2.99. The van der Waals surface area contributed by atoms with Gasteiger partial charge in [-0.25, -0.2) is 0 Å². The fourth-order valence-corrected chi connectivity index (χ4v) is 4.95. The van der Waals surface area contributed by atoms with Gasteiger partial charge in [-0.2, -0.15) is 0 Å². The van der Waals surface area contributed by atoms with Crippen LogP contribution in [0.5, 0.6) is 11.5 Å². The Hall–Kier alpha value is -3.44. The number of benzene rings is 3. The molecule has 168 valence electrons. The Morgan fingerprint density at radius 2 is 1.73 bits per heavy atom. The number of ether oxygens (including phenoxy) is 1. The average molecular weight is 461 g/mol. The van der Waals surface area contributed by atoms with E-state index in [9.17, 15) is 9.90 Å². The summed E-state index contributed by atoms with van der Waals surface area (Å²) >= 11 is 6.36. The summed E-state index contributed by atoms with van der Waals surface area (Å²) in [5.74, 6) is 0.408. The van der Waals surface area contributed by atoms with E-state index in [4.69, 9.17) is 16.3 Å². The van der Waals surface area contributed by atoms with Crippen LogP contribution in [0.1, 0.15) is 42.9 Å². The Kier molecular flexibility index (Phi) is 5.73. The summed E-state index contributed by atoms with van der Waals surface area (Å²) in [4.78, 5) is 13.6. The minimum Gasteiger partial charge on any atom is -0.503 e. The number of carbonyl (C=O) groups excluding carboxylic acids is 1. The molecule has 0 saturated heterocycles. The number of carbonyl (C=O) groups is 1. The van der Waals surface area contributed by atoms with E-state index in [-0.39, 0.29) is 22.5 Å². The second-order valence-corrected chi connectivity index (χ2v) is 8.77. The molecule has 0 aromatic heterocycles. The molecule has 2 atom stereocenters. The lowest BCUT2D eigenvalue weighted by molar-refractivity contribution is -0.116. The lowest BCUT2D eigenvalue weighted by atomic mass is 9.78. The number of nitrogens with one attached hydrogen (secondary N) is 2. The van der Waals surface area contributed by atoms with Gasteiger partial charge < -0.3 is 20.5 Å². The van der Waals surface area contributed by atoms with Gasteiger partial charge in [-0.3, -0.25) is 4.79 Å². The summed E-state index contributed by atoms with van der Waals surface area (Å²) in [5.41, 5.74) is 5.34. The number of ketones is 1. The Balaban J connectivity index is 1.64. The first kappa shape index (κ1) is 21.4. The molecule has 0 amide bonds. The summed E-state index contributed by atoms with van der Waals surface area (Å²) < 4.78 is 5.61. The summed E-state index contributed by atoms with van der Waals surface area (Å²) in [7, 11) is 0. The highest BCUT2D eigenvalue weighted by Crippen LogP contribution is 2.46. The normalized spacial score (nSPS) is 19.6. The molecule has 0 spiro atoms. The third-order valence-electron chi connectivity index (χ3n) is 6.26. The number of allylic oxidation sites excluding steroid dienone is 1. The van der Waals surface area contributed by atoms with E-state index in [1.807, 2.05) is 49.4 Å². The predicted molar refractivity (Wildman–Crippen MR) is 131 cm³/mol. The van der Waals surface area contributed by atoms with E-state index in [0.29, 0.717) is 24.4 Å². The summed E-state index contributed by atoms with van der Waals surface area (Å²) in [6, 6.07) is 21.1. The van der Waals surface area contributed by atoms with E-state index < -0.39 is 6.04 Å². The van der Waals surface area contributed by atoms with Crippen LogP contribution in [0, 0.1) is 0 Å². The number of para-hydroxylation sites is 2. The van der Waals surface area contributed by atoms with Gasteiger partial charge in [0.15, 0.2) is 17.3 Å². The zero-order chi connectivity index (χ0) is 22.9. The van der Waals surface area contributed by atoms with Gasteiger partial charge in [0.2, 0.25) is 0 Å². The van der Waals surface area contributed by atoms with Crippen LogP contribution in [0.3, 0.4) is 0 Å². The molecule has 3 aromatic rings. The number of halogens is 1. The van der Waals surface area contributed by atoms with Gasteiger partial charge in [0.25, 0.3) is 0 Å². The molecule has 0 saturated carbocycles. The first-order valence-corrected chi connectivity index (χ1v) is 11.5. The third kappa shape index (κ3) is 4.05. The number of rotatable bonds is 4. The van der Waals surface area contributed by atoms with E-state index in [1.54, 1.807) is 12.1 Å². The van der Waals surface area contributed by atoms with Crippen molar-refractivity contribution in [2.24, 2.45) is 0 Å². The van der Waals surface area contributed by atoms with Crippen molar-refractivity contribution >= 4 is 28.8 Å². The van der Waals surface area contributed by atoms with Gasteiger partial charge >= 0.3 is 0 Å². The van der Waals surface area contributed by atoms with Crippen LogP contribution in [0.25, 0.3) is 0 Å². The first-order valence-electron chi connectivity index (χ1n) is 11.1. The number of Topliss-reactive ketones (excluding diaryl/α,β-unsaturated/α-hetero) is 1. The molecule has 0 bridgehead atoms. The highest BCUT2D eigenvalue weighted by Gasteiger charge is 2.36. The van der Waals surface area contributed by atoms with Crippen LogP contribution in [0.2, 0.25) is 5.02 Å². The van der Waals surface area contributed by atoms with Crippen molar-refractivity contribution in [2.45, 2.75) is 31.7 Å². The highest BCUT2D eigenvalue weighted by molar-refractivity contribution is 6.32. The second-order valence-electron chi connectivity index (χ2n) is 8.36. The van der Waals surface area contributed by atoms with Crippen molar-refractivity contribution in [3.05, 3.63) is 94.1 Å². The first-order chi connectivity index (χ1) is 16.0.